The van der Waals surface area contributed by atoms with Crippen molar-refractivity contribution in [2.45, 2.75) is 114 Å². The lowest BCUT2D eigenvalue weighted by molar-refractivity contribution is -0.136. The van der Waals surface area contributed by atoms with E-state index in [1.165, 1.54) is 19.1 Å². The van der Waals surface area contributed by atoms with Gasteiger partial charge >= 0.3 is 0 Å². The van der Waals surface area contributed by atoms with Gasteiger partial charge in [0.05, 0.1) is 12.1 Å². The zero-order valence-electron chi connectivity index (χ0n) is 43.2. The molecule has 0 bridgehead atoms. The van der Waals surface area contributed by atoms with E-state index in [1.807, 2.05) is 60.7 Å². The van der Waals surface area contributed by atoms with Crippen LogP contribution in [0.25, 0.3) is 21.7 Å². The minimum atomic E-state index is -1.46. The fraction of sp³-hybridized carbons (Fsp3) is 0.407. The van der Waals surface area contributed by atoms with Crippen LogP contribution in [0.2, 0.25) is 0 Å². The molecule has 5 rings (SSSR count). The summed E-state index contributed by atoms with van der Waals surface area (Å²) in [6, 6.07) is 16.2. The number of aromatic amines is 1. The van der Waals surface area contributed by atoms with E-state index < -0.39 is 108 Å². The molecule has 0 unspecified atom stereocenters. The van der Waals surface area contributed by atoms with E-state index in [-0.39, 0.29) is 49.5 Å². The molecule has 1 aromatic heterocycles. The topological polar surface area (TPSA) is 355 Å². The number of aromatic nitrogens is 1. The standard InChI is InChI=1S/C54H71N11O10S2/c1-29(2)45(54(75)63-44(28-77)53(74)65-46(30(3)66)47(57)68)64-49(70)40(14-8-9-21-55)59-51(72)42(25-35-26-58-39-13-7-6-12-37(35)39)61-50(71)41(24-31-16-19-36(67)20-17-31)60-52(73)43(27-76)62-48(69)38(56)23-32-15-18-33-10-4-5-11-34(33)22-32/h4-7,10-13,15-20,22,26,29-30,38,40-46,58,66-67,76-77H,8-9,14,21,23-25,27-28,55-56H2,1-3H3,(H2,57,68)(H,59,72)(H,60,73)(H,61,71)(H,62,69)(H,63,75)(H,64,70)(H,65,74)/t30-,38-,40+,41+,42+,43+,44+,45+,46+/m1/s1. The van der Waals surface area contributed by atoms with Crippen molar-refractivity contribution in [3.8, 4) is 5.75 Å². The number of phenolic OH excluding ortho intramolecular Hbond substituents is 1. The molecular formula is C54H71N11O10S2. The number of benzene rings is 4. The number of para-hydroxylation sites is 1. The molecule has 16 N–H and O–H groups in total. The first-order valence-corrected chi connectivity index (χ1v) is 26.6. The van der Waals surface area contributed by atoms with Crippen LogP contribution < -0.4 is 54.4 Å². The number of rotatable bonds is 29. The summed E-state index contributed by atoms with van der Waals surface area (Å²) in [7, 11) is 0. The van der Waals surface area contributed by atoms with E-state index in [0.717, 1.165) is 27.2 Å². The summed E-state index contributed by atoms with van der Waals surface area (Å²) in [5.41, 5.74) is 20.2. The Labute approximate surface area is 457 Å². The van der Waals surface area contributed by atoms with Crippen molar-refractivity contribution in [2.75, 3.05) is 18.1 Å². The third-order valence-electron chi connectivity index (χ3n) is 12.9. The molecule has 414 valence electrons. The minimum absolute atomic E-state index is 0.0459. The molecule has 0 saturated heterocycles. The smallest absolute Gasteiger partial charge is 0.244 e. The molecule has 0 radical (unpaired) electrons. The highest BCUT2D eigenvalue weighted by molar-refractivity contribution is 7.80. The summed E-state index contributed by atoms with van der Waals surface area (Å²) in [5, 5.41) is 41.3. The summed E-state index contributed by atoms with van der Waals surface area (Å²) >= 11 is 8.54. The van der Waals surface area contributed by atoms with Crippen molar-refractivity contribution in [3.63, 3.8) is 0 Å². The second kappa shape index (κ2) is 29.4. The molecule has 0 aliphatic heterocycles. The van der Waals surface area contributed by atoms with Crippen LogP contribution >= 0.6 is 25.3 Å². The van der Waals surface area contributed by atoms with E-state index in [4.69, 9.17) is 17.2 Å². The number of aliphatic hydroxyl groups excluding tert-OH is 1. The number of hydrogen-bond acceptors (Lipinski definition) is 14. The van der Waals surface area contributed by atoms with Crippen LogP contribution in [0.4, 0.5) is 0 Å². The van der Waals surface area contributed by atoms with Gasteiger partial charge in [-0.1, -0.05) is 86.6 Å². The number of aliphatic hydroxyl groups is 1. The number of aromatic hydroxyl groups is 1. The van der Waals surface area contributed by atoms with Crippen LogP contribution in [-0.2, 0) is 57.6 Å². The molecule has 23 heteroatoms. The summed E-state index contributed by atoms with van der Waals surface area (Å²) in [6.45, 7) is 4.81. The molecule has 1 heterocycles. The van der Waals surface area contributed by atoms with Crippen LogP contribution in [0.15, 0.2) is 97.2 Å². The Balaban J connectivity index is 1.39. The average Bonchev–Trinajstić information content (AvgIpc) is 3.82. The Morgan fingerprint density at radius 3 is 1.70 bits per heavy atom. The molecule has 77 heavy (non-hydrogen) atoms. The van der Waals surface area contributed by atoms with Crippen LogP contribution in [0.3, 0.4) is 0 Å². The predicted molar refractivity (Wildman–Crippen MR) is 299 cm³/mol. The Morgan fingerprint density at radius 2 is 1.09 bits per heavy atom. The number of phenols is 1. The van der Waals surface area contributed by atoms with Crippen LogP contribution in [0, 0.1) is 5.92 Å². The highest BCUT2D eigenvalue weighted by atomic mass is 32.1. The van der Waals surface area contributed by atoms with Gasteiger partial charge in [-0.05, 0) is 90.7 Å². The number of thiol groups is 2. The van der Waals surface area contributed by atoms with E-state index in [0.29, 0.717) is 24.0 Å². The third kappa shape index (κ3) is 17.7. The number of H-pyrrole nitrogens is 1. The molecule has 0 aliphatic carbocycles. The first-order chi connectivity index (χ1) is 36.7. The van der Waals surface area contributed by atoms with E-state index in [9.17, 15) is 48.6 Å². The predicted octanol–water partition coefficient (Wildman–Crippen LogP) is 0.286. The molecule has 5 aromatic rings. The van der Waals surface area contributed by atoms with Crippen molar-refractivity contribution in [3.05, 3.63) is 114 Å². The van der Waals surface area contributed by atoms with Crippen molar-refractivity contribution >= 4 is 94.2 Å². The van der Waals surface area contributed by atoms with Gasteiger partial charge in [0.15, 0.2) is 0 Å². The molecule has 0 aliphatic rings. The molecule has 4 aromatic carbocycles. The summed E-state index contributed by atoms with van der Waals surface area (Å²) in [6.07, 6.45) is 1.12. The molecule has 8 amide bonds. The molecule has 21 nitrogen and oxygen atoms in total. The lowest BCUT2D eigenvalue weighted by atomic mass is 10.00. The number of primary amides is 1. The van der Waals surface area contributed by atoms with Crippen LogP contribution in [0.1, 0.15) is 56.7 Å². The normalized spacial score (nSPS) is 14.9. The lowest BCUT2D eigenvalue weighted by Gasteiger charge is -2.29. The second-order valence-electron chi connectivity index (χ2n) is 19.2. The highest BCUT2D eigenvalue weighted by Gasteiger charge is 2.36. The van der Waals surface area contributed by atoms with Crippen molar-refractivity contribution < 1.29 is 48.6 Å². The molecular weight excluding hydrogens is 1030 g/mol. The highest BCUT2D eigenvalue weighted by Crippen LogP contribution is 2.21. The van der Waals surface area contributed by atoms with Gasteiger partial charge in [0.1, 0.15) is 48.0 Å². The van der Waals surface area contributed by atoms with E-state index >= 15 is 0 Å². The summed E-state index contributed by atoms with van der Waals surface area (Å²) < 4.78 is 0. The number of carbonyl (C=O) groups is 8. The van der Waals surface area contributed by atoms with Gasteiger partial charge in [-0.25, -0.2) is 0 Å². The number of unbranched alkanes of at least 4 members (excludes halogenated alkanes) is 1. The number of fused-ring (bicyclic) bond motifs is 2. The number of nitrogens with two attached hydrogens (primary N) is 3. The Morgan fingerprint density at radius 1 is 0.571 bits per heavy atom. The monoisotopic (exact) mass is 1100 g/mol. The maximum absolute atomic E-state index is 14.8. The van der Waals surface area contributed by atoms with E-state index in [1.54, 1.807) is 38.2 Å². The van der Waals surface area contributed by atoms with Crippen LogP contribution in [0.5, 0.6) is 5.75 Å². The maximum Gasteiger partial charge on any atom is 0.244 e. The number of amides is 8. The third-order valence-corrected chi connectivity index (χ3v) is 13.6. The van der Waals surface area contributed by atoms with Gasteiger partial charge in [-0.3, -0.25) is 38.4 Å². The minimum Gasteiger partial charge on any atom is -0.508 e. The van der Waals surface area contributed by atoms with Crippen molar-refractivity contribution in [1.82, 2.24) is 42.2 Å². The quantitative estimate of drug-likeness (QED) is 0.0227. The molecule has 9 atom stereocenters. The van der Waals surface area contributed by atoms with Gasteiger partial charge in [0, 0.05) is 41.4 Å². The Bertz CT molecular complexity index is 2850. The van der Waals surface area contributed by atoms with Gasteiger partial charge in [0.25, 0.3) is 0 Å². The number of carbonyl (C=O) groups excluding carboxylic acids is 8. The SMILES string of the molecule is CC(C)[C@H](NC(=O)[C@H](CCCCN)NC(=O)[C@H](Cc1c[nH]c2ccccc12)NC(=O)[C@H](Cc1ccc(O)cc1)NC(=O)[C@H](CS)NC(=O)[C@H](N)Cc1ccc2ccccc2c1)C(=O)N[C@@H](CS)C(=O)N[C@H](C(N)=O)[C@@H](C)O. The first-order valence-electron chi connectivity index (χ1n) is 25.3. The van der Waals surface area contributed by atoms with Gasteiger partial charge in [-0.2, -0.15) is 25.3 Å². The molecule has 0 spiro atoms. The maximum atomic E-state index is 14.8. The fourth-order valence-electron chi connectivity index (χ4n) is 8.50. The first kappa shape index (κ1) is 60.7. The summed E-state index contributed by atoms with van der Waals surface area (Å²) in [4.78, 5) is 113. The number of hydrogen-bond donors (Lipinski definition) is 15. The molecule has 0 saturated carbocycles. The lowest BCUT2D eigenvalue weighted by Crippen LogP contribution is -2.62. The molecule has 0 fully saturated rings. The zero-order chi connectivity index (χ0) is 56.3. The van der Waals surface area contributed by atoms with Crippen molar-refractivity contribution in [1.29, 1.82) is 0 Å². The fourth-order valence-corrected chi connectivity index (χ4v) is 9.01. The second-order valence-corrected chi connectivity index (χ2v) is 20.0. The average molecular weight is 1100 g/mol. The van der Waals surface area contributed by atoms with E-state index in [2.05, 4.69) is 67.5 Å². The number of nitrogens with one attached hydrogen (secondary N) is 8. The Hall–Kier alpha value is -7.18. The van der Waals surface area contributed by atoms with Gasteiger partial charge in [0.2, 0.25) is 47.3 Å². The zero-order valence-corrected chi connectivity index (χ0v) is 45.0. The largest absolute Gasteiger partial charge is 0.508 e. The van der Waals surface area contributed by atoms with Crippen molar-refractivity contribution in [2.24, 2.45) is 23.1 Å². The van der Waals surface area contributed by atoms with Crippen LogP contribution in [-0.4, -0.2) is 135 Å². The summed E-state index contributed by atoms with van der Waals surface area (Å²) in [5.74, 6) is -7.51. The van der Waals surface area contributed by atoms with Gasteiger partial charge in [-0.15, -0.1) is 0 Å². The van der Waals surface area contributed by atoms with Gasteiger partial charge < -0.3 is 69.6 Å². The Kier molecular flexibility index (Phi) is 23.1.